The molecule has 7 nitrogen and oxygen atoms in total. The zero-order valence-electron chi connectivity index (χ0n) is 14.4. The Labute approximate surface area is 157 Å². The van der Waals surface area contributed by atoms with Crippen LogP contribution >= 0.6 is 11.6 Å². The molecule has 0 bridgehead atoms. The molecule has 3 heterocycles. The number of halogens is 3. The fourth-order valence-electron chi connectivity index (χ4n) is 2.50. The Morgan fingerprint density at radius 2 is 2.07 bits per heavy atom. The molecule has 0 saturated heterocycles. The molecule has 10 heteroatoms. The van der Waals surface area contributed by atoms with Crippen LogP contribution in [-0.2, 0) is 0 Å². The van der Waals surface area contributed by atoms with Crippen LogP contribution in [0.5, 0.6) is 17.5 Å². The van der Waals surface area contributed by atoms with Crippen LogP contribution < -0.4 is 9.47 Å². The zero-order chi connectivity index (χ0) is 19.6. The van der Waals surface area contributed by atoms with E-state index in [1.54, 1.807) is 16.7 Å². The van der Waals surface area contributed by atoms with Gasteiger partial charge in [0, 0.05) is 24.4 Å². The number of pyridine rings is 2. The predicted molar refractivity (Wildman–Crippen MR) is 94.1 cm³/mol. The molecule has 27 heavy (non-hydrogen) atoms. The summed E-state index contributed by atoms with van der Waals surface area (Å²) in [6.07, 6.45) is -0.713. The van der Waals surface area contributed by atoms with Crippen molar-refractivity contribution in [2.75, 3.05) is 6.61 Å². The second kappa shape index (κ2) is 7.83. The SMILES string of the molecule is CC(C)n1c(C=O)nc2nc(Oc3ncc(Cl)cc3OCC(F)F)ccc21. The van der Waals surface area contributed by atoms with Gasteiger partial charge in [-0.1, -0.05) is 11.6 Å². The second-order valence-corrected chi connectivity index (χ2v) is 6.24. The summed E-state index contributed by atoms with van der Waals surface area (Å²) in [5.74, 6) is 0.261. The average molecular weight is 397 g/mol. The number of rotatable bonds is 7. The minimum absolute atomic E-state index is 0.0102. The van der Waals surface area contributed by atoms with Gasteiger partial charge in [0.1, 0.15) is 6.61 Å². The van der Waals surface area contributed by atoms with Gasteiger partial charge in [-0.2, -0.15) is 4.98 Å². The van der Waals surface area contributed by atoms with Crippen molar-refractivity contribution < 1.29 is 23.0 Å². The van der Waals surface area contributed by atoms with Crippen molar-refractivity contribution in [3.05, 3.63) is 35.2 Å². The number of alkyl halides is 2. The van der Waals surface area contributed by atoms with Gasteiger partial charge in [-0.05, 0) is 19.9 Å². The Hall–Kier alpha value is -2.81. The molecule has 0 N–H and O–H groups in total. The van der Waals surface area contributed by atoms with Gasteiger partial charge in [0.05, 0.1) is 10.5 Å². The number of aromatic nitrogens is 4. The summed E-state index contributed by atoms with van der Waals surface area (Å²) in [6, 6.07) is 4.59. The highest BCUT2D eigenvalue weighted by Gasteiger charge is 2.17. The lowest BCUT2D eigenvalue weighted by molar-refractivity contribution is 0.0804. The Morgan fingerprint density at radius 3 is 2.74 bits per heavy atom. The molecule has 0 atom stereocenters. The molecule has 142 valence electrons. The second-order valence-electron chi connectivity index (χ2n) is 5.80. The van der Waals surface area contributed by atoms with Crippen molar-refractivity contribution in [1.82, 2.24) is 19.5 Å². The summed E-state index contributed by atoms with van der Waals surface area (Å²) in [7, 11) is 0. The van der Waals surface area contributed by atoms with Gasteiger partial charge in [0.15, 0.2) is 23.5 Å². The Bertz CT molecular complexity index is 978. The van der Waals surface area contributed by atoms with E-state index in [2.05, 4.69) is 15.0 Å². The molecule has 3 aromatic heterocycles. The number of carbonyl (C=O) groups is 1. The highest BCUT2D eigenvalue weighted by molar-refractivity contribution is 6.30. The highest BCUT2D eigenvalue weighted by Crippen LogP contribution is 2.32. The van der Waals surface area contributed by atoms with Crippen molar-refractivity contribution in [3.63, 3.8) is 0 Å². The van der Waals surface area contributed by atoms with Crippen LogP contribution in [0.25, 0.3) is 11.2 Å². The lowest BCUT2D eigenvalue weighted by Gasteiger charge is -2.11. The maximum absolute atomic E-state index is 12.4. The predicted octanol–water partition coefficient (Wildman–Crippen LogP) is 4.31. The maximum atomic E-state index is 12.4. The van der Waals surface area contributed by atoms with Crippen LogP contribution in [0.2, 0.25) is 5.02 Å². The molecule has 0 fully saturated rings. The molecule has 0 aliphatic carbocycles. The van der Waals surface area contributed by atoms with Crippen molar-refractivity contribution in [2.45, 2.75) is 26.3 Å². The fraction of sp³-hybridized carbons (Fsp3) is 0.294. The van der Waals surface area contributed by atoms with Gasteiger partial charge in [0.2, 0.25) is 5.88 Å². The van der Waals surface area contributed by atoms with Crippen LogP contribution in [0, 0.1) is 0 Å². The first-order valence-electron chi connectivity index (χ1n) is 7.97. The minimum atomic E-state index is -2.66. The third-order valence-electron chi connectivity index (χ3n) is 3.53. The zero-order valence-corrected chi connectivity index (χ0v) is 15.2. The van der Waals surface area contributed by atoms with Gasteiger partial charge >= 0.3 is 0 Å². The number of nitrogens with zero attached hydrogens (tertiary/aromatic N) is 4. The first-order chi connectivity index (χ1) is 12.9. The van der Waals surface area contributed by atoms with E-state index >= 15 is 0 Å². The van der Waals surface area contributed by atoms with Gasteiger partial charge in [-0.15, -0.1) is 0 Å². The normalized spacial score (nSPS) is 11.4. The van der Waals surface area contributed by atoms with Crippen molar-refractivity contribution in [3.8, 4) is 17.5 Å². The molecule has 0 unspecified atom stereocenters. The molecule has 0 aliphatic heterocycles. The van der Waals surface area contributed by atoms with Crippen molar-refractivity contribution in [2.24, 2.45) is 0 Å². The lowest BCUT2D eigenvalue weighted by atomic mass is 10.3. The number of hydrogen-bond donors (Lipinski definition) is 0. The van der Waals surface area contributed by atoms with E-state index < -0.39 is 13.0 Å². The van der Waals surface area contributed by atoms with E-state index in [1.807, 2.05) is 13.8 Å². The van der Waals surface area contributed by atoms with Crippen LogP contribution in [0.15, 0.2) is 24.4 Å². The third-order valence-corrected chi connectivity index (χ3v) is 3.74. The van der Waals surface area contributed by atoms with E-state index in [0.29, 0.717) is 17.5 Å². The lowest BCUT2D eigenvalue weighted by Crippen LogP contribution is -2.08. The molecular formula is C17H15ClF2N4O3. The van der Waals surface area contributed by atoms with Gasteiger partial charge in [-0.3, -0.25) is 4.79 Å². The number of imidazole rings is 1. The Morgan fingerprint density at radius 1 is 1.30 bits per heavy atom. The summed E-state index contributed by atoms with van der Waals surface area (Å²) in [6.45, 7) is 3.01. The number of hydrogen-bond acceptors (Lipinski definition) is 6. The topological polar surface area (TPSA) is 79.1 Å². The monoisotopic (exact) mass is 396 g/mol. The fourth-order valence-corrected chi connectivity index (χ4v) is 2.65. The van der Waals surface area contributed by atoms with Crippen LogP contribution in [-0.4, -0.2) is 38.8 Å². The molecule has 0 spiro atoms. The number of carbonyl (C=O) groups excluding carboxylic acids is 1. The van der Waals surface area contributed by atoms with Gasteiger partial charge in [-0.25, -0.2) is 18.7 Å². The van der Waals surface area contributed by atoms with Gasteiger partial charge < -0.3 is 14.0 Å². The molecule has 0 aromatic carbocycles. The van der Waals surface area contributed by atoms with E-state index in [9.17, 15) is 13.6 Å². The summed E-state index contributed by atoms with van der Waals surface area (Å²) in [5.41, 5.74) is 0.977. The van der Waals surface area contributed by atoms with E-state index in [4.69, 9.17) is 21.1 Å². The van der Waals surface area contributed by atoms with E-state index in [-0.39, 0.29) is 34.4 Å². The summed E-state index contributed by atoms with van der Waals surface area (Å²) >= 11 is 5.83. The van der Waals surface area contributed by atoms with Crippen molar-refractivity contribution in [1.29, 1.82) is 0 Å². The Balaban J connectivity index is 1.94. The molecule has 0 radical (unpaired) electrons. The van der Waals surface area contributed by atoms with E-state index in [0.717, 1.165) is 0 Å². The first kappa shape index (κ1) is 19.0. The Kier molecular flexibility index (Phi) is 5.50. The molecule has 3 aromatic rings. The molecule has 0 aliphatic rings. The maximum Gasteiger partial charge on any atom is 0.272 e. The van der Waals surface area contributed by atoms with Crippen LogP contribution in [0.3, 0.4) is 0 Å². The largest absolute Gasteiger partial charge is 0.482 e. The third kappa shape index (κ3) is 4.13. The molecule has 0 saturated carbocycles. The molecular weight excluding hydrogens is 382 g/mol. The van der Waals surface area contributed by atoms with Crippen LogP contribution in [0.1, 0.15) is 30.5 Å². The summed E-state index contributed by atoms with van der Waals surface area (Å²) < 4.78 is 37.1. The van der Waals surface area contributed by atoms with Crippen LogP contribution in [0.4, 0.5) is 8.78 Å². The summed E-state index contributed by atoms with van der Waals surface area (Å²) in [5, 5.41) is 0.210. The van der Waals surface area contributed by atoms with E-state index in [1.165, 1.54) is 12.3 Å². The number of aldehydes is 1. The average Bonchev–Trinajstić information content (AvgIpc) is 2.99. The molecule has 0 amide bonds. The smallest absolute Gasteiger partial charge is 0.272 e. The summed E-state index contributed by atoms with van der Waals surface area (Å²) in [4.78, 5) is 23.6. The first-order valence-corrected chi connectivity index (χ1v) is 8.35. The minimum Gasteiger partial charge on any atom is -0.482 e. The van der Waals surface area contributed by atoms with Gasteiger partial charge in [0.25, 0.3) is 12.3 Å². The quantitative estimate of drug-likeness (QED) is 0.554. The molecule has 3 rings (SSSR count). The number of ether oxygens (including phenoxy) is 2. The van der Waals surface area contributed by atoms with Crippen molar-refractivity contribution >= 4 is 29.1 Å². The number of fused-ring (bicyclic) bond motifs is 1. The standard InChI is InChI=1S/C17H15ClF2N4O3/c1-9(2)24-11-3-4-15(23-16(11)22-14(24)7-25)27-17-12(26-8-13(19)20)5-10(18)6-21-17/h3-7,9,13H,8H2,1-2H3. The highest BCUT2D eigenvalue weighted by atomic mass is 35.5.